The summed E-state index contributed by atoms with van der Waals surface area (Å²) >= 11 is 0. The molecule has 1 aromatic carbocycles. The third kappa shape index (κ3) is 3.46. The maximum Gasteiger partial charge on any atom is 0.0818 e. The maximum absolute atomic E-state index is 9.66. The standard InChI is InChI=1S/C12H18N2O.ClH/c13-11-6-7-14(9-12(11)15)8-10-4-2-1-3-5-10;/h1-5,11-12,15H,6-9,13H2;1H/t11-,12+;/m1./s1. The predicted octanol–water partition coefficient (Wildman–Crippen LogP) is 1.00. The summed E-state index contributed by atoms with van der Waals surface area (Å²) in [7, 11) is 0. The first-order chi connectivity index (χ1) is 7.25. The Morgan fingerprint density at radius 2 is 2.00 bits per heavy atom. The number of rotatable bonds is 2. The van der Waals surface area contributed by atoms with Crippen molar-refractivity contribution in [2.75, 3.05) is 13.1 Å². The lowest BCUT2D eigenvalue weighted by Gasteiger charge is -2.34. The second kappa shape index (κ2) is 6.21. The molecule has 3 N–H and O–H groups in total. The van der Waals surface area contributed by atoms with Crippen LogP contribution < -0.4 is 5.73 Å². The van der Waals surface area contributed by atoms with Gasteiger partial charge in [0.1, 0.15) is 0 Å². The molecule has 90 valence electrons. The van der Waals surface area contributed by atoms with Crippen LogP contribution in [-0.2, 0) is 6.54 Å². The summed E-state index contributed by atoms with van der Waals surface area (Å²) in [6, 6.07) is 10.3. The molecule has 0 unspecified atom stereocenters. The van der Waals surface area contributed by atoms with E-state index in [1.54, 1.807) is 0 Å². The van der Waals surface area contributed by atoms with Gasteiger partial charge >= 0.3 is 0 Å². The maximum atomic E-state index is 9.66. The molecular formula is C12H19ClN2O. The van der Waals surface area contributed by atoms with E-state index in [-0.39, 0.29) is 24.6 Å². The van der Waals surface area contributed by atoms with Crippen LogP contribution in [0.25, 0.3) is 0 Å². The number of hydrogen-bond acceptors (Lipinski definition) is 3. The fourth-order valence-electron chi connectivity index (χ4n) is 2.00. The molecule has 1 fully saturated rings. The summed E-state index contributed by atoms with van der Waals surface area (Å²) in [6.45, 7) is 2.58. The van der Waals surface area contributed by atoms with Crippen molar-refractivity contribution >= 4 is 12.4 Å². The zero-order valence-corrected chi connectivity index (χ0v) is 10.1. The van der Waals surface area contributed by atoms with E-state index in [0.717, 1.165) is 19.5 Å². The summed E-state index contributed by atoms with van der Waals surface area (Å²) in [4.78, 5) is 2.25. The van der Waals surface area contributed by atoms with E-state index in [2.05, 4.69) is 17.0 Å². The highest BCUT2D eigenvalue weighted by molar-refractivity contribution is 5.85. The summed E-state index contributed by atoms with van der Waals surface area (Å²) in [5.41, 5.74) is 7.05. The Morgan fingerprint density at radius 1 is 1.31 bits per heavy atom. The molecule has 1 heterocycles. The van der Waals surface area contributed by atoms with E-state index in [9.17, 15) is 5.11 Å². The van der Waals surface area contributed by atoms with Crippen LogP contribution in [0.2, 0.25) is 0 Å². The van der Waals surface area contributed by atoms with E-state index in [0.29, 0.717) is 6.54 Å². The Bertz CT molecular complexity index is 307. The molecule has 4 heteroatoms. The molecule has 2 atom stereocenters. The van der Waals surface area contributed by atoms with E-state index in [1.807, 2.05) is 18.2 Å². The second-order valence-corrected chi connectivity index (χ2v) is 4.24. The van der Waals surface area contributed by atoms with Crippen LogP contribution in [0.4, 0.5) is 0 Å². The van der Waals surface area contributed by atoms with E-state index >= 15 is 0 Å². The van der Waals surface area contributed by atoms with Crippen LogP contribution in [-0.4, -0.2) is 35.2 Å². The van der Waals surface area contributed by atoms with Gasteiger partial charge in [0, 0.05) is 25.7 Å². The van der Waals surface area contributed by atoms with Crippen LogP contribution >= 0.6 is 12.4 Å². The Morgan fingerprint density at radius 3 is 2.62 bits per heavy atom. The molecule has 1 aliphatic heterocycles. The third-order valence-electron chi connectivity index (χ3n) is 2.97. The largest absolute Gasteiger partial charge is 0.390 e. The second-order valence-electron chi connectivity index (χ2n) is 4.24. The number of halogens is 1. The van der Waals surface area contributed by atoms with Gasteiger partial charge in [-0.2, -0.15) is 0 Å². The van der Waals surface area contributed by atoms with Gasteiger partial charge in [0.15, 0.2) is 0 Å². The molecule has 0 bridgehead atoms. The van der Waals surface area contributed by atoms with Crippen LogP contribution in [0.5, 0.6) is 0 Å². The molecule has 0 saturated carbocycles. The van der Waals surface area contributed by atoms with Crippen molar-refractivity contribution < 1.29 is 5.11 Å². The number of nitrogens with two attached hydrogens (primary N) is 1. The highest BCUT2D eigenvalue weighted by Gasteiger charge is 2.24. The van der Waals surface area contributed by atoms with Crippen molar-refractivity contribution in [1.29, 1.82) is 0 Å². The van der Waals surface area contributed by atoms with Crippen molar-refractivity contribution in [2.24, 2.45) is 5.73 Å². The van der Waals surface area contributed by atoms with Crippen molar-refractivity contribution in [1.82, 2.24) is 4.90 Å². The van der Waals surface area contributed by atoms with Crippen molar-refractivity contribution in [2.45, 2.75) is 25.1 Å². The van der Waals surface area contributed by atoms with Gasteiger partial charge in [0.25, 0.3) is 0 Å². The molecule has 1 aliphatic rings. The van der Waals surface area contributed by atoms with E-state index in [1.165, 1.54) is 5.56 Å². The highest BCUT2D eigenvalue weighted by atomic mass is 35.5. The number of β-amino-alcohol motifs (C(OH)–C–C–N with tert-alkyl or cyclic N) is 1. The average molecular weight is 243 g/mol. The first kappa shape index (κ1) is 13.5. The minimum atomic E-state index is -0.373. The SMILES string of the molecule is Cl.N[C@@H]1CCN(Cc2ccccc2)C[C@@H]1O. The molecule has 3 nitrogen and oxygen atoms in total. The number of aliphatic hydroxyl groups excluding tert-OH is 1. The topological polar surface area (TPSA) is 49.5 Å². The van der Waals surface area contributed by atoms with Gasteiger partial charge in [0.2, 0.25) is 0 Å². The molecule has 0 spiro atoms. The normalized spacial score (nSPS) is 26.1. The lowest BCUT2D eigenvalue weighted by atomic mass is 10.0. The van der Waals surface area contributed by atoms with Gasteiger partial charge in [-0.05, 0) is 12.0 Å². The van der Waals surface area contributed by atoms with Gasteiger partial charge in [-0.25, -0.2) is 0 Å². The number of benzene rings is 1. The van der Waals surface area contributed by atoms with Gasteiger partial charge in [0.05, 0.1) is 6.10 Å². The monoisotopic (exact) mass is 242 g/mol. The smallest absolute Gasteiger partial charge is 0.0818 e. The number of hydrogen-bond donors (Lipinski definition) is 2. The quantitative estimate of drug-likeness (QED) is 0.814. The molecule has 0 aliphatic carbocycles. The van der Waals surface area contributed by atoms with Gasteiger partial charge in [-0.3, -0.25) is 4.90 Å². The molecule has 0 amide bonds. The van der Waals surface area contributed by atoms with E-state index < -0.39 is 0 Å². The van der Waals surface area contributed by atoms with Crippen molar-refractivity contribution in [3.63, 3.8) is 0 Å². The zero-order valence-electron chi connectivity index (χ0n) is 9.25. The minimum absolute atomic E-state index is 0. The molecule has 1 saturated heterocycles. The van der Waals surface area contributed by atoms with E-state index in [4.69, 9.17) is 5.73 Å². The third-order valence-corrected chi connectivity index (χ3v) is 2.97. The molecule has 0 radical (unpaired) electrons. The number of likely N-dealkylation sites (tertiary alicyclic amines) is 1. The van der Waals surface area contributed by atoms with Crippen LogP contribution in [0.15, 0.2) is 30.3 Å². The summed E-state index contributed by atoms with van der Waals surface area (Å²) in [5, 5.41) is 9.66. The fraction of sp³-hybridized carbons (Fsp3) is 0.500. The molecule has 1 aromatic rings. The lowest BCUT2D eigenvalue weighted by molar-refractivity contribution is 0.0499. The average Bonchev–Trinajstić information content (AvgIpc) is 2.25. The first-order valence-electron chi connectivity index (χ1n) is 5.45. The highest BCUT2D eigenvalue weighted by Crippen LogP contribution is 2.12. The van der Waals surface area contributed by atoms with Gasteiger partial charge in [-0.1, -0.05) is 30.3 Å². The number of piperidine rings is 1. The van der Waals surface area contributed by atoms with Crippen LogP contribution in [0, 0.1) is 0 Å². The number of aliphatic hydroxyl groups is 1. The molecule has 0 aromatic heterocycles. The molecule has 16 heavy (non-hydrogen) atoms. The van der Waals surface area contributed by atoms with Crippen LogP contribution in [0.3, 0.4) is 0 Å². The Hall–Kier alpha value is -0.610. The van der Waals surface area contributed by atoms with Crippen molar-refractivity contribution in [3.05, 3.63) is 35.9 Å². The first-order valence-corrected chi connectivity index (χ1v) is 5.45. The Balaban J connectivity index is 0.00000128. The summed E-state index contributed by atoms with van der Waals surface area (Å²) < 4.78 is 0. The Kier molecular flexibility index (Phi) is 5.22. The molecule has 2 rings (SSSR count). The minimum Gasteiger partial charge on any atom is -0.390 e. The predicted molar refractivity (Wildman–Crippen MR) is 67.6 cm³/mol. The zero-order chi connectivity index (χ0) is 10.7. The fourth-order valence-corrected chi connectivity index (χ4v) is 2.00. The van der Waals surface area contributed by atoms with Gasteiger partial charge < -0.3 is 10.8 Å². The van der Waals surface area contributed by atoms with Crippen molar-refractivity contribution in [3.8, 4) is 0 Å². The summed E-state index contributed by atoms with van der Waals surface area (Å²) in [6.07, 6.45) is 0.510. The van der Waals surface area contributed by atoms with Gasteiger partial charge in [-0.15, -0.1) is 12.4 Å². The number of nitrogens with zero attached hydrogens (tertiary/aromatic N) is 1. The Labute approximate surface area is 103 Å². The molecular weight excluding hydrogens is 224 g/mol. The van der Waals surface area contributed by atoms with Crippen LogP contribution in [0.1, 0.15) is 12.0 Å². The summed E-state index contributed by atoms with van der Waals surface area (Å²) in [5.74, 6) is 0. The lowest BCUT2D eigenvalue weighted by Crippen LogP contribution is -2.50.